The Balaban J connectivity index is 3.11. The van der Waals surface area contributed by atoms with Gasteiger partial charge in [-0.25, -0.2) is 0 Å². The van der Waals surface area contributed by atoms with Crippen molar-refractivity contribution in [1.29, 1.82) is 5.26 Å². The van der Waals surface area contributed by atoms with E-state index in [1.165, 1.54) is 19.1 Å². The molecule has 1 aromatic heterocycles. The van der Waals surface area contributed by atoms with Gasteiger partial charge in [0.2, 0.25) is 0 Å². The van der Waals surface area contributed by atoms with Gasteiger partial charge in [0.1, 0.15) is 4.92 Å². The molecule has 0 saturated carbocycles. The standard InChI is InChI=1S/C8H7N3O3/c1-5(4-9)8(10)6-2-3-7(14-6)11(12)13/h2-3H,10H2,1H3/b8-5-. The quantitative estimate of drug-likeness (QED) is 0.434. The van der Waals surface area contributed by atoms with Crippen molar-refractivity contribution < 1.29 is 9.34 Å². The first kappa shape index (κ1) is 9.80. The molecule has 0 aromatic carbocycles. The first-order valence-electron chi connectivity index (χ1n) is 3.67. The minimum absolute atomic E-state index is 0.112. The van der Waals surface area contributed by atoms with Crippen LogP contribution in [0.25, 0.3) is 5.70 Å². The molecule has 1 heterocycles. The monoisotopic (exact) mass is 193 g/mol. The normalized spacial score (nSPS) is 11.7. The smallest absolute Gasteiger partial charge is 0.399 e. The molecule has 0 spiro atoms. The molecule has 0 amide bonds. The number of allylic oxidation sites excluding steroid dienone is 1. The van der Waals surface area contributed by atoms with Crippen molar-refractivity contribution in [2.24, 2.45) is 5.73 Å². The molecule has 0 bridgehead atoms. The second kappa shape index (κ2) is 3.62. The number of nitrogens with zero attached hydrogens (tertiary/aromatic N) is 2. The molecule has 6 heteroatoms. The summed E-state index contributed by atoms with van der Waals surface area (Å²) in [6.45, 7) is 1.50. The molecule has 0 aliphatic carbocycles. The van der Waals surface area contributed by atoms with Gasteiger partial charge in [-0.2, -0.15) is 5.26 Å². The first-order valence-corrected chi connectivity index (χ1v) is 3.67. The zero-order valence-electron chi connectivity index (χ0n) is 7.35. The molecule has 6 nitrogen and oxygen atoms in total. The summed E-state index contributed by atoms with van der Waals surface area (Å²) < 4.78 is 4.80. The summed E-state index contributed by atoms with van der Waals surface area (Å²) in [4.78, 5) is 9.60. The van der Waals surface area contributed by atoms with Gasteiger partial charge in [-0.05, 0) is 13.0 Å². The maximum Gasteiger partial charge on any atom is 0.433 e. The van der Waals surface area contributed by atoms with E-state index in [1.54, 1.807) is 0 Å². The minimum Gasteiger partial charge on any atom is -0.399 e. The SMILES string of the molecule is C/C(C#N)=C(/N)c1ccc([N+](=O)[O-])o1. The van der Waals surface area contributed by atoms with Crippen molar-refractivity contribution in [3.8, 4) is 6.07 Å². The number of furan rings is 1. The van der Waals surface area contributed by atoms with Crippen LogP contribution in [0.4, 0.5) is 5.88 Å². The fraction of sp³-hybridized carbons (Fsp3) is 0.125. The molecule has 72 valence electrons. The van der Waals surface area contributed by atoms with Crippen molar-refractivity contribution >= 4 is 11.6 Å². The molecule has 0 fully saturated rings. The van der Waals surface area contributed by atoms with Crippen molar-refractivity contribution in [2.75, 3.05) is 0 Å². The van der Waals surface area contributed by atoms with Crippen molar-refractivity contribution in [3.05, 3.63) is 33.6 Å². The molecule has 1 rings (SSSR count). The number of nitrogens with two attached hydrogens (primary N) is 1. The predicted octanol–water partition coefficient (Wildman–Crippen LogP) is 1.40. The van der Waals surface area contributed by atoms with E-state index >= 15 is 0 Å². The van der Waals surface area contributed by atoms with Crippen LogP contribution in [0.5, 0.6) is 0 Å². The molecule has 14 heavy (non-hydrogen) atoms. The second-order valence-corrected chi connectivity index (χ2v) is 2.55. The van der Waals surface area contributed by atoms with Crippen LogP contribution in [0.2, 0.25) is 0 Å². The Hall–Kier alpha value is -2.29. The lowest BCUT2D eigenvalue weighted by atomic mass is 10.2. The third-order valence-corrected chi connectivity index (χ3v) is 1.61. The molecule has 0 aliphatic rings. The largest absolute Gasteiger partial charge is 0.433 e. The van der Waals surface area contributed by atoms with Gasteiger partial charge in [-0.15, -0.1) is 0 Å². The lowest BCUT2D eigenvalue weighted by Gasteiger charge is -1.95. The lowest BCUT2D eigenvalue weighted by molar-refractivity contribution is -0.402. The van der Waals surface area contributed by atoms with E-state index < -0.39 is 10.8 Å². The molecule has 1 aromatic rings. The van der Waals surface area contributed by atoms with Crippen LogP contribution >= 0.6 is 0 Å². The van der Waals surface area contributed by atoms with E-state index in [4.69, 9.17) is 15.4 Å². The zero-order chi connectivity index (χ0) is 10.7. The molecule has 0 saturated heterocycles. The van der Waals surface area contributed by atoms with Crippen LogP contribution in [-0.4, -0.2) is 4.92 Å². The molecular weight excluding hydrogens is 186 g/mol. The highest BCUT2D eigenvalue weighted by molar-refractivity contribution is 5.65. The van der Waals surface area contributed by atoms with Crippen LogP contribution in [0.1, 0.15) is 12.7 Å². The van der Waals surface area contributed by atoms with Crippen LogP contribution in [0, 0.1) is 21.4 Å². The van der Waals surface area contributed by atoms with E-state index in [2.05, 4.69) is 0 Å². The Labute approximate surface area is 79.4 Å². The Bertz CT molecular complexity index is 439. The average molecular weight is 193 g/mol. The minimum atomic E-state index is -0.668. The Morgan fingerprint density at radius 1 is 1.71 bits per heavy atom. The summed E-state index contributed by atoms with van der Waals surface area (Å²) in [5.41, 5.74) is 5.87. The van der Waals surface area contributed by atoms with E-state index in [9.17, 15) is 10.1 Å². The molecule has 0 aliphatic heterocycles. The van der Waals surface area contributed by atoms with Crippen molar-refractivity contribution in [3.63, 3.8) is 0 Å². The van der Waals surface area contributed by atoms with Crippen molar-refractivity contribution in [1.82, 2.24) is 0 Å². The van der Waals surface area contributed by atoms with Gasteiger partial charge in [0.15, 0.2) is 5.76 Å². The topological polar surface area (TPSA) is 106 Å². The number of hydrogen-bond donors (Lipinski definition) is 1. The maximum atomic E-state index is 10.3. The van der Waals surface area contributed by atoms with Gasteiger partial charge in [0.25, 0.3) is 0 Å². The van der Waals surface area contributed by atoms with Crippen LogP contribution in [0.3, 0.4) is 0 Å². The number of rotatable bonds is 2. The summed E-state index contributed by atoms with van der Waals surface area (Å²) in [5, 5.41) is 18.8. The van der Waals surface area contributed by atoms with Gasteiger partial charge in [-0.3, -0.25) is 10.1 Å². The van der Waals surface area contributed by atoms with E-state index in [0.29, 0.717) is 0 Å². The molecule has 0 atom stereocenters. The van der Waals surface area contributed by atoms with Gasteiger partial charge in [-0.1, -0.05) is 0 Å². The molecule has 0 radical (unpaired) electrons. The van der Waals surface area contributed by atoms with E-state index in [0.717, 1.165) is 0 Å². The zero-order valence-corrected chi connectivity index (χ0v) is 7.35. The third kappa shape index (κ3) is 1.72. The number of nitro groups is 1. The number of hydrogen-bond acceptors (Lipinski definition) is 5. The highest BCUT2D eigenvalue weighted by atomic mass is 16.6. The predicted molar refractivity (Wildman–Crippen MR) is 47.8 cm³/mol. The van der Waals surface area contributed by atoms with Crippen molar-refractivity contribution in [2.45, 2.75) is 6.92 Å². The van der Waals surface area contributed by atoms with E-state index in [1.807, 2.05) is 6.07 Å². The van der Waals surface area contributed by atoms with Gasteiger partial charge >= 0.3 is 5.88 Å². The summed E-state index contributed by atoms with van der Waals surface area (Å²) in [5.74, 6) is -0.260. The van der Waals surface area contributed by atoms with Gasteiger partial charge in [0.05, 0.1) is 23.4 Å². The van der Waals surface area contributed by atoms with Crippen LogP contribution in [0.15, 0.2) is 22.1 Å². The molecule has 2 N–H and O–H groups in total. The summed E-state index contributed by atoms with van der Waals surface area (Å²) in [6.07, 6.45) is 0. The van der Waals surface area contributed by atoms with Gasteiger partial charge in [0, 0.05) is 0 Å². The van der Waals surface area contributed by atoms with Crippen LogP contribution < -0.4 is 5.73 Å². The van der Waals surface area contributed by atoms with E-state index in [-0.39, 0.29) is 17.0 Å². The van der Waals surface area contributed by atoms with Gasteiger partial charge < -0.3 is 10.2 Å². The highest BCUT2D eigenvalue weighted by Crippen LogP contribution is 2.21. The average Bonchev–Trinajstić information content (AvgIpc) is 2.64. The second-order valence-electron chi connectivity index (χ2n) is 2.55. The fourth-order valence-electron chi connectivity index (χ4n) is 0.816. The summed E-state index contributed by atoms with van der Waals surface area (Å²) in [6, 6.07) is 4.37. The summed E-state index contributed by atoms with van der Waals surface area (Å²) in [7, 11) is 0. The van der Waals surface area contributed by atoms with Crippen LogP contribution in [-0.2, 0) is 0 Å². The Kier molecular flexibility index (Phi) is 2.53. The summed E-state index contributed by atoms with van der Waals surface area (Å²) >= 11 is 0. The lowest BCUT2D eigenvalue weighted by Crippen LogP contribution is -1.97. The fourth-order valence-corrected chi connectivity index (χ4v) is 0.816. The third-order valence-electron chi connectivity index (χ3n) is 1.61. The Morgan fingerprint density at radius 2 is 2.36 bits per heavy atom. The highest BCUT2D eigenvalue weighted by Gasteiger charge is 2.14. The first-order chi connectivity index (χ1) is 6.56. The molecule has 0 unspecified atom stereocenters. The Morgan fingerprint density at radius 3 is 2.79 bits per heavy atom. The number of nitriles is 1. The molecular formula is C8H7N3O3. The maximum absolute atomic E-state index is 10.3.